The van der Waals surface area contributed by atoms with Crippen LogP contribution in [0.5, 0.6) is 0 Å². The van der Waals surface area contributed by atoms with Crippen molar-refractivity contribution < 1.29 is 19.6 Å². The van der Waals surface area contributed by atoms with Crippen molar-refractivity contribution in [1.82, 2.24) is 9.97 Å². The molecule has 0 aliphatic carbocycles. The summed E-state index contributed by atoms with van der Waals surface area (Å²) in [4.78, 5) is 29.9. The van der Waals surface area contributed by atoms with Gasteiger partial charge in [-0.25, -0.2) is 14.8 Å². The largest absolute Gasteiger partial charge is 0.480 e. The van der Waals surface area contributed by atoms with Crippen LogP contribution in [0.15, 0.2) is 12.4 Å². The zero-order chi connectivity index (χ0) is 13.1. The highest BCUT2D eigenvalue weighted by atomic mass is 16.6. The number of morpholine rings is 1. The van der Waals surface area contributed by atoms with E-state index in [1.807, 2.05) is 0 Å². The molecule has 1 aromatic heterocycles. The van der Waals surface area contributed by atoms with Gasteiger partial charge in [-0.2, -0.15) is 0 Å². The van der Waals surface area contributed by atoms with Crippen LogP contribution in [0.2, 0.25) is 0 Å². The second-order valence-electron chi connectivity index (χ2n) is 3.62. The lowest BCUT2D eigenvalue weighted by Gasteiger charge is -2.32. The molecule has 2 heterocycles. The van der Waals surface area contributed by atoms with Gasteiger partial charge in [0, 0.05) is 6.54 Å². The average Bonchev–Trinajstić information content (AvgIpc) is 2.39. The van der Waals surface area contributed by atoms with Gasteiger partial charge in [-0.05, 0) is 0 Å². The van der Waals surface area contributed by atoms with E-state index in [9.17, 15) is 14.9 Å². The fourth-order valence-electron chi connectivity index (χ4n) is 1.60. The number of hydrogen-bond acceptors (Lipinski definition) is 7. The number of nitrogens with zero attached hydrogens (tertiary/aromatic N) is 4. The SMILES string of the molecule is O=C(O)C1COCCN1c1ncc([N+](=O)[O-])cn1. The predicted molar refractivity (Wildman–Crippen MR) is 58.3 cm³/mol. The summed E-state index contributed by atoms with van der Waals surface area (Å²) in [5.41, 5.74) is -0.237. The highest BCUT2D eigenvalue weighted by Crippen LogP contribution is 2.17. The molecule has 0 radical (unpaired) electrons. The Balaban J connectivity index is 2.23. The van der Waals surface area contributed by atoms with E-state index in [4.69, 9.17) is 9.84 Å². The maximum Gasteiger partial charge on any atom is 0.328 e. The summed E-state index contributed by atoms with van der Waals surface area (Å²) >= 11 is 0. The molecule has 9 nitrogen and oxygen atoms in total. The van der Waals surface area contributed by atoms with Gasteiger partial charge in [-0.3, -0.25) is 10.1 Å². The minimum Gasteiger partial charge on any atom is -0.480 e. The van der Waals surface area contributed by atoms with E-state index < -0.39 is 16.9 Å². The van der Waals surface area contributed by atoms with Crippen LogP contribution in [0.3, 0.4) is 0 Å². The summed E-state index contributed by atoms with van der Waals surface area (Å²) in [5.74, 6) is -0.895. The number of rotatable bonds is 3. The molecule has 96 valence electrons. The van der Waals surface area contributed by atoms with Gasteiger partial charge in [-0.1, -0.05) is 0 Å². The van der Waals surface area contributed by atoms with E-state index in [2.05, 4.69) is 9.97 Å². The number of hydrogen-bond donors (Lipinski definition) is 1. The fraction of sp³-hybridized carbons (Fsp3) is 0.444. The number of nitro groups is 1. The first kappa shape index (κ1) is 12.2. The molecule has 1 saturated heterocycles. The van der Waals surface area contributed by atoms with Gasteiger partial charge in [0.25, 0.3) is 0 Å². The van der Waals surface area contributed by atoms with Crippen molar-refractivity contribution in [2.45, 2.75) is 6.04 Å². The molecule has 1 N–H and O–H groups in total. The van der Waals surface area contributed by atoms with Crippen molar-refractivity contribution in [2.75, 3.05) is 24.7 Å². The zero-order valence-corrected chi connectivity index (χ0v) is 9.22. The molecule has 0 bridgehead atoms. The van der Waals surface area contributed by atoms with Gasteiger partial charge in [0.2, 0.25) is 5.95 Å². The van der Waals surface area contributed by atoms with Gasteiger partial charge in [0.05, 0.1) is 18.1 Å². The quantitative estimate of drug-likeness (QED) is 0.575. The summed E-state index contributed by atoms with van der Waals surface area (Å²) in [7, 11) is 0. The Morgan fingerprint density at radius 3 is 2.78 bits per heavy atom. The molecule has 1 aromatic rings. The van der Waals surface area contributed by atoms with E-state index in [1.165, 1.54) is 4.90 Å². The number of ether oxygens (including phenoxy) is 1. The third-order valence-electron chi connectivity index (χ3n) is 2.51. The van der Waals surface area contributed by atoms with Crippen LogP contribution in [-0.2, 0) is 9.53 Å². The van der Waals surface area contributed by atoms with E-state index in [0.717, 1.165) is 12.4 Å². The minimum atomic E-state index is -1.04. The second-order valence-corrected chi connectivity index (χ2v) is 3.62. The van der Waals surface area contributed by atoms with E-state index in [-0.39, 0.29) is 18.2 Å². The number of aliphatic carboxylic acids is 1. The summed E-state index contributed by atoms with van der Waals surface area (Å²) in [6, 6.07) is -0.875. The molecular formula is C9H10N4O5. The Hall–Kier alpha value is -2.29. The lowest BCUT2D eigenvalue weighted by atomic mass is 10.2. The molecule has 9 heteroatoms. The first-order chi connectivity index (χ1) is 8.59. The van der Waals surface area contributed by atoms with Crippen molar-refractivity contribution in [1.29, 1.82) is 0 Å². The van der Waals surface area contributed by atoms with Crippen molar-refractivity contribution >= 4 is 17.6 Å². The van der Waals surface area contributed by atoms with Crippen molar-refractivity contribution in [3.8, 4) is 0 Å². The molecule has 18 heavy (non-hydrogen) atoms. The lowest BCUT2D eigenvalue weighted by molar-refractivity contribution is -0.385. The van der Waals surface area contributed by atoms with Gasteiger partial charge >= 0.3 is 11.7 Å². The highest BCUT2D eigenvalue weighted by Gasteiger charge is 2.31. The van der Waals surface area contributed by atoms with Crippen molar-refractivity contribution in [3.63, 3.8) is 0 Å². The van der Waals surface area contributed by atoms with Gasteiger partial charge < -0.3 is 14.7 Å². The highest BCUT2D eigenvalue weighted by molar-refractivity contribution is 5.77. The number of anilines is 1. The molecular weight excluding hydrogens is 244 g/mol. The molecule has 0 aromatic carbocycles. The molecule has 1 atom stereocenters. The Morgan fingerprint density at radius 1 is 1.56 bits per heavy atom. The molecule has 1 aliphatic rings. The van der Waals surface area contributed by atoms with Gasteiger partial charge in [0.15, 0.2) is 6.04 Å². The molecule has 0 amide bonds. The fourth-order valence-corrected chi connectivity index (χ4v) is 1.60. The Kier molecular flexibility index (Phi) is 3.33. The summed E-state index contributed by atoms with van der Waals surface area (Å²) in [5, 5.41) is 19.5. The van der Waals surface area contributed by atoms with Crippen LogP contribution < -0.4 is 4.90 Å². The lowest BCUT2D eigenvalue weighted by Crippen LogP contribution is -2.50. The van der Waals surface area contributed by atoms with Crippen molar-refractivity contribution in [3.05, 3.63) is 22.5 Å². The summed E-state index contributed by atoms with van der Waals surface area (Å²) in [6.07, 6.45) is 2.10. The third kappa shape index (κ3) is 2.35. The smallest absolute Gasteiger partial charge is 0.328 e. The average molecular weight is 254 g/mol. The standard InChI is InChI=1S/C9H10N4O5/c14-8(15)7-5-18-2-1-12(7)9-10-3-6(4-11-9)13(16)17/h3-4,7H,1-2,5H2,(H,14,15). The normalized spacial score (nSPS) is 19.6. The van der Waals surface area contributed by atoms with Crippen LogP contribution in [-0.4, -0.2) is 51.8 Å². The first-order valence-corrected chi connectivity index (χ1v) is 5.13. The second kappa shape index (κ2) is 4.92. The first-order valence-electron chi connectivity index (χ1n) is 5.13. The summed E-state index contributed by atoms with van der Waals surface area (Å²) < 4.78 is 5.07. The third-order valence-corrected chi connectivity index (χ3v) is 2.51. The van der Waals surface area contributed by atoms with E-state index in [0.29, 0.717) is 13.2 Å². The Bertz CT molecular complexity index is 463. The van der Waals surface area contributed by atoms with Crippen LogP contribution in [0.1, 0.15) is 0 Å². The Labute approximate surface area is 101 Å². The minimum absolute atomic E-state index is 0.0374. The van der Waals surface area contributed by atoms with Crippen LogP contribution >= 0.6 is 0 Å². The molecule has 0 saturated carbocycles. The number of aromatic nitrogens is 2. The van der Waals surface area contributed by atoms with Gasteiger partial charge in [0.1, 0.15) is 12.4 Å². The van der Waals surface area contributed by atoms with Crippen LogP contribution in [0.25, 0.3) is 0 Å². The summed E-state index contributed by atoms with van der Waals surface area (Å²) in [6.45, 7) is 0.731. The monoisotopic (exact) mass is 254 g/mol. The Morgan fingerprint density at radius 2 is 2.22 bits per heavy atom. The molecule has 0 spiro atoms. The van der Waals surface area contributed by atoms with Crippen LogP contribution in [0.4, 0.5) is 11.6 Å². The molecule has 1 aliphatic heterocycles. The maximum absolute atomic E-state index is 11.0. The predicted octanol–water partition coefficient (Wildman–Crippen LogP) is -0.325. The van der Waals surface area contributed by atoms with Crippen LogP contribution in [0, 0.1) is 10.1 Å². The molecule has 2 rings (SSSR count). The zero-order valence-electron chi connectivity index (χ0n) is 9.22. The van der Waals surface area contributed by atoms with E-state index >= 15 is 0 Å². The molecule has 1 fully saturated rings. The van der Waals surface area contributed by atoms with Crippen molar-refractivity contribution in [2.24, 2.45) is 0 Å². The number of carbonyl (C=O) groups is 1. The maximum atomic E-state index is 11.0. The molecule has 1 unspecified atom stereocenters. The number of carboxylic acid groups (broad SMARTS) is 1. The van der Waals surface area contributed by atoms with Gasteiger partial charge in [-0.15, -0.1) is 0 Å². The van der Waals surface area contributed by atoms with E-state index in [1.54, 1.807) is 0 Å². The number of carboxylic acids is 1. The topological polar surface area (TPSA) is 119 Å².